The Kier molecular flexibility index (Phi) is 2.93. The van der Waals surface area contributed by atoms with E-state index < -0.39 is 26.7 Å². The lowest BCUT2D eigenvalue weighted by Gasteiger charge is -2.57. The molecule has 0 aromatic rings. The number of nitrogens with two attached hydrogens (primary N) is 1. The predicted molar refractivity (Wildman–Crippen MR) is 67.1 cm³/mol. The van der Waals surface area contributed by atoms with Crippen molar-refractivity contribution in [3.8, 4) is 0 Å². The Morgan fingerprint density at radius 1 is 1.10 bits per heavy atom. The minimum absolute atomic E-state index is 0.463. The molecular weight excluding hydrogens is 290 g/mol. The minimum atomic E-state index is -5.23. The molecule has 3 N–H and O–H groups in total. The Morgan fingerprint density at radius 2 is 1.50 bits per heavy atom. The molecule has 114 valence electrons. The molecule has 4 rings (SSSR count). The molecule has 8 heteroatoms. The second kappa shape index (κ2) is 4.13. The highest BCUT2D eigenvalue weighted by molar-refractivity contribution is 7.91. The van der Waals surface area contributed by atoms with Crippen LogP contribution in [0.1, 0.15) is 38.5 Å². The van der Waals surface area contributed by atoms with E-state index >= 15 is 0 Å². The topological polar surface area (TPSA) is 89.3 Å². The number of hydrogen-bond acceptors (Lipinski definition) is 3. The maximum atomic E-state index is 13.5. The van der Waals surface area contributed by atoms with E-state index in [1.807, 2.05) is 0 Å². The lowest BCUT2D eigenvalue weighted by atomic mass is 9.53. The van der Waals surface area contributed by atoms with E-state index in [2.05, 4.69) is 10.5 Å². The smallest absolute Gasteiger partial charge is 0.344 e. The summed E-state index contributed by atoms with van der Waals surface area (Å²) >= 11 is 0. The van der Waals surface area contributed by atoms with Crippen LogP contribution in [0.4, 0.5) is 8.78 Å². The van der Waals surface area contributed by atoms with Crippen molar-refractivity contribution in [2.24, 2.45) is 22.9 Å². The molecule has 4 fully saturated rings. The average molecular weight is 308 g/mol. The van der Waals surface area contributed by atoms with Gasteiger partial charge in [-0.15, -0.1) is 0 Å². The van der Waals surface area contributed by atoms with Crippen LogP contribution >= 0.6 is 0 Å². The molecule has 0 atom stereocenters. The molecule has 4 saturated carbocycles. The number of halogens is 2. The first kappa shape index (κ1) is 14.2. The molecule has 20 heavy (non-hydrogen) atoms. The first-order valence-corrected chi connectivity index (χ1v) is 8.39. The maximum absolute atomic E-state index is 13.5. The van der Waals surface area contributed by atoms with Gasteiger partial charge in [0.1, 0.15) is 0 Å². The number of carbonyl (C=O) groups is 1. The number of carbonyl (C=O) groups excluding carboxylic acids is 1. The fraction of sp³-hybridized carbons (Fsp3) is 0.917. The Labute approximate surface area is 116 Å². The second-order valence-electron chi connectivity index (χ2n) is 6.71. The molecule has 0 aromatic carbocycles. The van der Waals surface area contributed by atoms with Crippen LogP contribution in [0.3, 0.4) is 0 Å². The highest BCUT2D eigenvalue weighted by Crippen LogP contribution is 2.55. The van der Waals surface area contributed by atoms with Gasteiger partial charge in [0.05, 0.1) is 0 Å². The van der Waals surface area contributed by atoms with Crippen molar-refractivity contribution < 1.29 is 22.0 Å². The summed E-state index contributed by atoms with van der Waals surface area (Å²) in [6.45, 7) is 0. The minimum Gasteiger partial charge on any atom is -0.344 e. The van der Waals surface area contributed by atoms with Crippen molar-refractivity contribution >= 4 is 15.9 Å². The van der Waals surface area contributed by atoms with Crippen LogP contribution in [0.5, 0.6) is 0 Å². The molecule has 0 unspecified atom stereocenters. The quantitative estimate of drug-likeness (QED) is 0.813. The van der Waals surface area contributed by atoms with Crippen LogP contribution in [0, 0.1) is 17.8 Å². The lowest BCUT2D eigenvalue weighted by molar-refractivity contribution is -0.141. The van der Waals surface area contributed by atoms with Crippen molar-refractivity contribution in [3.63, 3.8) is 0 Å². The van der Waals surface area contributed by atoms with Gasteiger partial charge in [-0.05, 0) is 56.3 Å². The standard InChI is InChI=1S/C12H18F2N2O3S/c13-12(14,20(15,18)19)10(17)16-11-4-7-1-8(5-11)3-9(2-7)6-11/h7-9H,1-6H2,(H,16,17)(H2,15,18,19). The molecule has 0 heterocycles. The number of alkyl halides is 2. The summed E-state index contributed by atoms with van der Waals surface area (Å²) < 4.78 is 48.7. The number of primary sulfonamides is 1. The van der Waals surface area contributed by atoms with Crippen LogP contribution in [-0.2, 0) is 14.8 Å². The van der Waals surface area contributed by atoms with Crippen LogP contribution in [-0.4, -0.2) is 25.1 Å². The zero-order chi connectivity index (χ0) is 14.8. The summed E-state index contributed by atoms with van der Waals surface area (Å²) in [6.07, 6.45) is 5.31. The van der Waals surface area contributed by atoms with Crippen molar-refractivity contribution in [1.82, 2.24) is 5.32 Å². The molecule has 1 amide bonds. The van der Waals surface area contributed by atoms with Crippen molar-refractivity contribution in [2.45, 2.75) is 49.3 Å². The van der Waals surface area contributed by atoms with E-state index in [1.54, 1.807) is 0 Å². The third kappa shape index (κ3) is 2.13. The first-order valence-electron chi connectivity index (χ1n) is 6.84. The van der Waals surface area contributed by atoms with Crippen molar-refractivity contribution in [3.05, 3.63) is 0 Å². The molecule has 0 saturated heterocycles. The highest BCUT2D eigenvalue weighted by atomic mass is 32.2. The third-order valence-electron chi connectivity index (χ3n) is 5.04. The zero-order valence-electron chi connectivity index (χ0n) is 10.9. The van der Waals surface area contributed by atoms with Gasteiger partial charge in [0, 0.05) is 5.54 Å². The summed E-state index contributed by atoms with van der Waals surface area (Å²) in [5, 5.41) is 2.21. The van der Waals surface area contributed by atoms with Crippen LogP contribution in [0.25, 0.3) is 0 Å². The molecular formula is C12H18F2N2O3S. The fourth-order valence-electron chi connectivity index (χ4n) is 4.71. The summed E-state index contributed by atoms with van der Waals surface area (Å²) in [5.41, 5.74) is -0.653. The number of nitrogens with one attached hydrogen (secondary N) is 1. The molecule has 4 aliphatic carbocycles. The third-order valence-corrected chi connectivity index (χ3v) is 5.94. The summed E-state index contributed by atoms with van der Waals surface area (Å²) in [6, 6.07) is 0. The fourth-order valence-corrected chi connectivity index (χ4v) is 5.02. The SMILES string of the molecule is NS(=O)(=O)C(F)(F)C(=O)NC12CC3CC(CC(C3)C1)C2. The second-order valence-corrected chi connectivity index (χ2v) is 8.32. The number of sulfonamides is 1. The number of amides is 1. The molecule has 4 bridgehead atoms. The van der Waals surface area contributed by atoms with Crippen molar-refractivity contribution in [2.75, 3.05) is 0 Å². The predicted octanol–water partition coefficient (Wildman–Crippen LogP) is 0.953. The van der Waals surface area contributed by atoms with Crippen LogP contribution in [0.2, 0.25) is 0 Å². The van der Waals surface area contributed by atoms with Gasteiger partial charge in [-0.25, -0.2) is 13.6 Å². The van der Waals surface area contributed by atoms with Gasteiger partial charge < -0.3 is 5.32 Å². The largest absolute Gasteiger partial charge is 0.434 e. The molecule has 0 aliphatic heterocycles. The molecule has 5 nitrogen and oxygen atoms in total. The zero-order valence-corrected chi connectivity index (χ0v) is 11.8. The Balaban J connectivity index is 1.80. The monoisotopic (exact) mass is 308 g/mol. The average Bonchev–Trinajstić information content (AvgIpc) is 2.24. The van der Waals surface area contributed by atoms with E-state index in [-0.39, 0.29) is 0 Å². The van der Waals surface area contributed by atoms with Gasteiger partial charge in [0.2, 0.25) is 0 Å². The van der Waals surface area contributed by atoms with E-state index in [1.165, 1.54) is 0 Å². The van der Waals surface area contributed by atoms with Gasteiger partial charge in [0.15, 0.2) is 0 Å². The van der Waals surface area contributed by atoms with Crippen molar-refractivity contribution in [1.29, 1.82) is 0 Å². The molecule has 0 radical (unpaired) electrons. The highest BCUT2D eigenvalue weighted by Gasteiger charge is 2.57. The molecule has 4 aliphatic rings. The Morgan fingerprint density at radius 3 is 1.85 bits per heavy atom. The lowest BCUT2D eigenvalue weighted by Crippen LogP contribution is -2.63. The summed E-state index contributed by atoms with van der Waals surface area (Å²) in [5.74, 6) is -0.388. The Hall–Kier alpha value is -0.760. The van der Waals surface area contributed by atoms with E-state index in [0.717, 1.165) is 19.3 Å². The van der Waals surface area contributed by atoms with E-state index in [0.29, 0.717) is 37.0 Å². The molecule has 0 aromatic heterocycles. The van der Waals surface area contributed by atoms with Crippen LogP contribution in [0.15, 0.2) is 0 Å². The normalized spacial score (nSPS) is 39.9. The first-order chi connectivity index (χ1) is 9.11. The summed E-state index contributed by atoms with van der Waals surface area (Å²) in [4.78, 5) is 11.7. The van der Waals surface area contributed by atoms with E-state index in [9.17, 15) is 22.0 Å². The Bertz CT molecular complexity index is 512. The van der Waals surface area contributed by atoms with Gasteiger partial charge in [-0.3, -0.25) is 4.79 Å². The van der Waals surface area contributed by atoms with Gasteiger partial charge in [0.25, 0.3) is 10.0 Å². The number of rotatable bonds is 3. The van der Waals surface area contributed by atoms with Gasteiger partial charge >= 0.3 is 11.2 Å². The summed E-state index contributed by atoms with van der Waals surface area (Å²) in [7, 11) is -5.23. The van der Waals surface area contributed by atoms with E-state index in [4.69, 9.17) is 0 Å². The van der Waals surface area contributed by atoms with Gasteiger partial charge in [-0.1, -0.05) is 0 Å². The number of hydrogen-bond donors (Lipinski definition) is 2. The maximum Gasteiger partial charge on any atom is 0.434 e. The van der Waals surface area contributed by atoms with Crippen LogP contribution < -0.4 is 10.5 Å². The van der Waals surface area contributed by atoms with Gasteiger partial charge in [-0.2, -0.15) is 8.78 Å². The molecule has 0 spiro atoms.